The molecule has 0 bridgehead atoms. The molecule has 0 aliphatic heterocycles. The highest BCUT2D eigenvalue weighted by Crippen LogP contribution is 2.26. The molecule has 184 valence electrons. The van der Waals surface area contributed by atoms with Crippen molar-refractivity contribution in [3.05, 3.63) is 94.0 Å². The highest BCUT2D eigenvalue weighted by molar-refractivity contribution is 9.10. The molecule has 2 amide bonds. The van der Waals surface area contributed by atoms with Crippen molar-refractivity contribution in [3.8, 4) is 11.5 Å². The third-order valence-electron chi connectivity index (χ3n) is 5.76. The summed E-state index contributed by atoms with van der Waals surface area (Å²) in [5.41, 5.74) is 2.98. The summed E-state index contributed by atoms with van der Waals surface area (Å²) in [6.45, 7) is 2.12. The molecule has 35 heavy (non-hydrogen) atoms. The first-order chi connectivity index (χ1) is 16.9. The van der Waals surface area contributed by atoms with Crippen LogP contribution in [0.3, 0.4) is 0 Å². The highest BCUT2D eigenvalue weighted by Gasteiger charge is 2.30. The second kappa shape index (κ2) is 13.0. The van der Waals surface area contributed by atoms with Gasteiger partial charge in [0.25, 0.3) is 5.91 Å². The Labute approximate surface area is 215 Å². The minimum Gasteiger partial charge on any atom is -0.497 e. The number of aryl methyl sites for hydroxylation is 1. The van der Waals surface area contributed by atoms with Crippen LogP contribution in [0.4, 0.5) is 0 Å². The van der Waals surface area contributed by atoms with Crippen molar-refractivity contribution in [2.24, 2.45) is 0 Å². The molecule has 0 unspecified atom stereocenters. The number of rotatable bonds is 11. The summed E-state index contributed by atoms with van der Waals surface area (Å²) >= 11 is 3.52. The van der Waals surface area contributed by atoms with Crippen molar-refractivity contribution in [1.29, 1.82) is 0 Å². The lowest BCUT2D eigenvalue weighted by molar-refractivity contribution is -0.142. The summed E-state index contributed by atoms with van der Waals surface area (Å²) < 4.78 is 12.0. The fourth-order valence-corrected chi connectivity index (χ4v) is 4.33. The van der Waals surface area contributed by atoms with Gasteiger partial charge in [-0.2, -0.15) is 0 Å². The van der Waals surface area contributed by atoms with Crippen molar-refractivity contribution in [2.45, 2.75) is 32.4 Å². The number of benzene rings is 3. The standard InChI is InChI=1S/C28H31BrN2O4/c1-4-20-13-14-26(24(29)16-20)35-19-27(32)31(18-22-11-8-12-23(15-22)34-3)25(28(33)30-2)17-21-9-6-5-7-10-21/h5-16,25H,4,17-19H2,1-3H3,(H,30,33)/t25-/m1/s1. The fraction of sp³-hybridized carbons (Fsp3) is 0.286. The van der Waals surface area contributed by atoms with Crippen LogP contribution in [0.15, 0.2) is 77.3 Å². The molecule has 0 radical (unpaired) electrons. The van der Waals surface area contributed by atoms with E-state index >= 15 is 0 Å². The summed E-state index contributed by atoms with van der Waals surface area (Å²) in [7, 11) is 3.18. The molecule has 0 aromatic heterocycles. The lowest BCUT2D eigenvalue weighted by atomic mass is 10.0. The molecule has 0 saturated carbocycles. The van der Waals surface area contributed by atoms with E-state index in [1.165, 1.54) is 0 Å². The number of nitrogens with zero attached hydrogens (tertiary/aromatic N) is 1. The van der Waals surface area contributed by atoms with Gasteiger partial charge in [0, 0.05) is 20.0 Å². The first kappa shape index (κ1) is 26.3. The Bertz CT molecular complexity index is 1140. The van der Waals surface area contributed by atoms with Gasteiger partial charge in [-0.15, -0.1) is 0 Å². The number of amides is 2. The highest BCUT2D eigenvalue weighted by atomic mass is 79.9. The van der Waals surface area contributed by atoms with Gasteiger partial charge in [0.05, 0.1) is 11.6 Å². The largest absolute Gasteiger partial charge is 0.497 e. The molecule has 3 aromatic carbocycles. The smallest absolute Gasteiger partial charge is 0.261 e. The minimum absolute atomic E-state index is 0.198. The lowest BCUT2D eigenvalue weighted by Gasteiger charge is -2.31. The van der Waals surface area contributed by atoms with Crippen LogP contribution in [0, 0.1) is 0 Å². The van der Waals surface area contributed by atoms with E-state index in [1.54, 1.807) is 19.1 Å². The molecule has 0 heterocycles. The summed E-state index contributed by atoms with van der Waals surface area (Å²) in [4.78, 5) is 28.1. The van der Waals surface area contributed by atoms with Gasteiger partial charge in [0.2, 0.25) is 5.91 Å². The number of carbonyl (C=O) groups excluding carboxylic acids is 2. The number of ether oxygens (including phenoxy) is 2. The van der Waals surface area contributed by atoms with Crippen LogP contribution in [0.1, 0.15) is 23.6 Å². The number of carbonyl (C=O) groups is 2. The summed E-state index contributed by atoms with van der Waals surface area (Å²) in [5, 5.41) is 2.72. The molecule has 6 nitrogen and oxygen atoms in total. The van der Waals surface area contributed by atoms with Crippen LogP contribution in [-0.2, 0) is 29.0 Å². The van der Waals surface area contributed by atoms with E-state index in [0.29, 0.717) is 17.9 Å². The van der Waals surface area contributed by atoms with Crippen LogP contribution in [-0.4, -0.2) is 43.5 Å². The third-order valence-corrected chi connectivity index (χ3v) is 6.38. The number of methoxy groups -OCH3 is 1. The van der Waals surface area contributed by atoms with Crippen molar-refractivity contribution < 1.29 is 19.1 Å². The number of likely N-dealkylation sites (N-methyl/N-ethyl adjacent to an activating group) is 1. The summed E-state index contributed by atoms with van der Waals surface area (Å²) in [6.07, 6.45) is 1.28. The fourth-order valence-electron chi connectivity index (χ4n) is 3.79. The SMILES string of the molecule is CCc1ccc(OCC(=O)N(Cc2cccc(OC)c2)[C@H](Cc2ccccc2)C(=O)NC)c(Br)c1. The van der Waals surface area contributed by atoms with E-state index in [9.17, 15) is 9.59 Å². The van der Waals surface area contributed by atoms with Crippen LogP contribution in [0.25, 0.3) is 0 Å². The van der Waals surface area contributed by atoms with E-state index in [-0.39, 0.29) is 25.0 Å². The first-order valence-electron chi connectivity index (χ1n) is 11.5. The van der Waals surface area contributed by atoms with Gasteiger partial charge in [-0.1, -0.05) is 55.5 Å². The lowest BCUT2D eigenvalue weighted by Crippen LogP contribution is -2.51. The summed E-state index contributed by atoms with van der Waals surface area (Å²) in [5.74, 6) is 0.740. The zero-order chi connectivity index (χ0) is 25.2. The molecule has 0 saturated heterocycles. The Morgan fingerprint density at radius 3 is 2.37 bits per heavy atom. The molecule has 0 fully saturated rings. The van der Waals surface area contributed by atoms with Gasteiger partial charge >= 0.3 is 0 Å². The topological polar surface area (TPSA) is 67.9 Å². The average Bonchev–Trinajstić information content (AvgIpc) is 2.89. The number of halogens is 1. The van der Waals surface area contributed by atoms with Gasteiger partial charge in [0.1, 0.15) is 17.5 Å². The second-order valence-corrected chi connectivity index (χ2v) is 8.95. The Morgan fingerprint density at radius 1 is 0.971 bits per heavy atom. The first-order valence-corrected chi connectivity index (χ1v) is 12.3. The maximum absolute atomic E-state index is 13.5. The van der Waals surface area contributed by atoms with E-state index in [0.717, 1.165) is 27.6 Å². The normalized spacial score (nSPS) is 11.4. The van der Waals surface area contributed by atoms with E-state index in [4.69, 9.17) is 9.47 Å². The van der Waals surface area contributed by atoms with Crippen molar-refractivity contribution in [3.63, 3.8) is 0 Å². The van der Waals surface area contributed by atoms with E-state index < -0.39 is 6.04 Å². The molecule has 0 aliphatic rings. The minimum atomic E-state index is -0.712. The van der Waals surface area contributed by atoms with Crippen molar-refractivity contribution >= 4 is 27.7 Å². The van der Waals surface area contributed by atoms with Crippen molar-refractivity contribution in [1.82, 2.24) is 10.2 Å². The molecule has 3 aromatic rings. The molecule has 1 atom stereocenters. The van der Waals surface area contributed by atoms with E-state index in [1.807, 2.05) is 72.8 Å². The molecule has 3 rings (SSSR count). The predicted octanol–water partition coefficient (Wildman–Crippen LogP) is 4.79. The zero-order valence-corrected chi connectivity index (χ0v) is 21.9. The van der Waals surface area contributed by atoms with Crippen LogP contribution >= 0.6 is 15.9 Å². The quantitative estimate of drug-likeness (QED) is 0.381. The third kappa shape index (κ3) is 7.33. The number of hydrogen-bond acceptors (Lipinski definition) is 4. The van der Waals surface area contributed by atoms with E-state index in [2.05, 4.69) is 28.2 Å². The van der Waals surface area contributed by atoms with Crippen LogP contribution in [0.2, 0.25) is 0 Å². The van der Waals surface area contributed by atoms with Gasteiger partial charge in [-0.25, -0.2) is 0 Å². The molecule has 0 spiro atoms. The molecular weight excluding hydrogens is 508 g/mol. The number of nitrogens with one attached hydrogen (secondary N) is 1. The van der Waals surface area contributed by atoms with Gasteiger partial charge in [-0.3, -0.25) is 9.59 Å². The Balaban J connectivity index is 1.88. The molecular formula is C28H31BrN2O4. The molecule has 7 heteroatoms. The second-order valence-electron chi connectivity index (χ2n) is 8.10. The van der Waals surface area contributed by atoms with Gasteiger partial charge < -0.3 is 19.7 Å². The van der Waals surface area contributed by atoms with Gasteiger partial charge in [-0.05, 0) is 63.3 Å². The Morgan fingerprint density at radius 2 is 1.71 bits per heavy atom. The molecule has 0 aliphatic carbocycles. The monoisotopic (exact) mass is 538 g/mol. The van der Waals surface area contributed by atoms with Crippen molar-refractivity contribution in [2.75, 3.05) is 20.8 Å². The maximum Gasteiger partial charge on any atom is 0.261 e. The Kier molecular flexibility index (Phi) is 9.73. The predicted molar refractivity (Wildman–Crippen MR) is 141 cm³/mol. The van der Waals surface area contributed by atoms with Crippen LogP contribution in [0.5, 0.6) is 11.5 Å². The zero-order valence-electron chi connectivity index (χ0n) is 20.3. The summed E-state index contributed by atoms with van der Waals surface area (Å²) in [6, 6.07) is 22.2. The number of hydrogen-bond donors (Lipinski definition) is 1. The average molecular weight is 539 g/mol. The van der Waals surface area contributed by atoms with Gasteiger partial charge in [0.15, 0.2) is 6.61 Å². The van der Waals surface area contributed by atoms with Crippen LogP contribution < -0.4 is 14.8 Å². The maximum atomic E-state index is 13.5. The Hall–Kier alpha value is -3.32. The molecule has 1 N–H and O–H groups in total.